The minimum absolute atomic E-state index is 0.108. The summed E-state index contributed by atoms with van der Waals surface area (Å²) in [5, 5.41) is 12.5. The third-order valence-electron chi connectivity index (χ3n) is 3.85. The highest BCUT2D eigenvalue weighted by atomic mass is 16.5. The number of hydrogen-bond donors (Lipinski definition) is 1. The number of ether oxygens (including phenoxy) is 2. The highest BCUT2D eigenvalue weighted by Gasteiger charge is 2.17. The number of nitrogens with one attached hydrogen (secondary N) is 1. The van der Waals surface area contributed by atoms with Crippen LogP contribution in [-0.4, -0.2) is 35.8 Å². The Morgan fingerprint density at radius 3 is 2.73 bits per heavy atom. The molecule has 1 aliphatic rings. The van der Waals surface area contributed by atoms with Crippen molar-refractivity contribution in [2.24, 2.45) is 0 Å². The molecule has 138 valence electrons. The van der Waals surface area contributed by atoms with Gasteiger partial charge in [-0.25, -0.2) is 9.97 Å². The number of anilines is 1. The van der Waals surface area contributed by atoms with E-state index in [4.69, 9.17) is 9.47 Å². The summed E-state index contributed by atoms with van der Waals surface area (Å²) >= 11 is 0. The maximum Gasteiger partial charge on any atom is 0.223 e. The smallest absolute Gasteiger partial charge is 0.223 e. The fourth-order valence-electron chi connectivity index (χ4n) is 2.62. The van der Waals surface area contributed by atoms with Gasteiger partial charge < -0.3 is 14.8 Å². The standard InChI is InChI=1S/C18H20N4O2.C2H6/c1-2-20-18-21-8-5-16(22-18)13-3-4-17(14(11-13)12-19)24-15-6-9-23-10-7-15;1-2/h3-5,8,11,15H,2,6-7,9-10H2,1H3,(H,20,21,22);1-2H3. The van der Waals surface area contributed by atoms with E-state index in [0.717, 1.165) is 30.6 Å². The van der Waals surface area contributed by atoms with Gasteiger partial charge in [-0.1, -0.05) is 13.8 Å². The zero-order chi connectivity index (χ0) is 18.8. The van der Waals surface area contributed by atoms with Crippen LogP contribution >= 0.6 is 0 Å². The second-order valence-corrected chi connectivity index (χ2v) is 5.55. The molecule has 0 atom stereocenters. The molecule has 1 aromatic heterocycles. The molecule has 3 rings (SSSR count). The summed E-state index contributed by atoms with van der Waals surface area (Å²) < 4.78 is 11.3. The Bertz CT molecular complexity index is 737. The van der Waals surface area contributed by atoms with E-state index >= 15 is 0 Å². The highest BCUT2D eigenvalue weighted by Crippen LogP contribution is 2.27. The van der Waals surface area contributed by atoms with E-state index < -0.39 is 0 Å². The molecule has 0 amide bonds. The van der Waals surface area contributed by atoms with Crippen LogP contribution in [-0.2, 0) is 4.74 Å². The lowest BCUT2D eigenvalue weighted by atomic mass is 10.1. The zero-order valence-corrected chi connectivity index (χ0v) is 15.7. The highest BCUT2D eigenvalue weighted by molar-refractivity contribution is 5.64. The van der Waals surface area contributed by atoms with Gasteiger partial charge in [0.05, 0.1) is 24.5 Å². The third kappa shape index (κ3) is 5.17. The summed E-state index contributed by atoms with van der Waals surface area (Å²) in [4.78, 5) is 8.63. The maximum atomic E-state index is 9.46. The summed E-state index contributed by atoms with van der Waals surface area (Å²) in [7, 11) is 0. The topological polar surface area (TPSA) is 80.1 Å². The van der Waals surface area contributed by atoms with Gasteiger partial charge in [0.15, 0.2) is 0 Å². The van der Waals surface area contributed by atoms with Gasteiger partial charge in [-0.05, 0) is 31.2 Å². The Kier molecular flexibility index (Phi) is 7.84. The van der Waals surface area contributed by atoms with Crippen molar-refractivity contribution in [3.8, 4) is 23.1 Å². The van der Waals surface area contributed by atoms with Crippen molar-refractivity contribution >= 4 is 5.95 Å². The minimum Gasteiger partial charge on any atom is -0.489 e. The summed E-state index contributed by atoms with van der Waals surface area (Å²) in [6.45, 7) is 8.16. The van der Waals surface area contributed by atoms with Gasteiger partial charge in [-0.2, -0.15) is 5.26 Å². The molecular formula is C20H26N4O2. The second kappa shape index (κ2) is 10.4. The van der Waals surface area contributed by atoms with E-state index in [1.165, 1.54) is 0 Å². The van der Waals surface area contributed by atoms with Gasteiger partial charge >= 0.3 is 0 Å². The Morgan fingerprint density at radius 1 is 1.27 bits per heavy atom. The predicted molar refractivity (Wildman–Crippen MR) is 102 cm³/mol. The average Bonchev–Trinajstić information content (AvgIpc) is 2.71. The zero-order valence-electron chi connectivity index (χ0n) is 15.7. The van der Waals surface area contributed by atoms with Gasteiger partial charge in [0, 0.05) is 31.1 Å². The Labute approximate surface area is 155 Å². The number of benzene rings is 1. The summed E-state index contributed by atoms with van der Waals surface area (Å²) in [5.74, 6) is 1.20. The van der Waals surface area contributed by atoms with E-state index in [2.05, 4.69) is 21.4 Å². The molecule has 0 saturated carbocycles. The van der Waals surface area contributed by atoms with Crippen molar-refractivity contribution in [3.05, 3.63) is 36.0 Å². The Morgan fingerprint density at radius 2 is 2.04 bits per heavy atom. The van der Waals surface area contributed by atoms with E-state index in [1.54, 1.807) is 6.20 Å². The van der Waals surface area contributed by atoms with Gasteiger partial charge in [-0.3, -0.25) is 0 Å². The lowest BCUT2D eigenvalue weighted by Crippen LogP contribution is -2.26. The molecule has 0 spiro atoms. The second-order valence-electron chi connectivity index (χ2n) is 5.55. The summed E-state index contributed by atoms with van der Waals surface area (Å²) in [6, 6.07) is 9.63. The van der Waals surface area contributed by atoms with E-state index in [9.17, 15) is 5.26 Å². The lowest BCUT2D eigenvalue weighted by molar-refractivity contribution is 0.0254. The fourth-order valence-corrected chi connectivity index (χ4v) is 2.62. The molecule has 1 aromatic carbocycles. The number of nitriles is 1. The summed E-state index contributed by atoms with van der Waals surface area (Å²) in [5.41, 5.74) is 2.16. The molecule has 26 heavy (non-hydrogen) atoms. The largest absolute Gasteiger partial charge is 0.489 e. The monoisotopic (exact) mass is 354 g/mol. The van der Waals surface area contributed by atoms with Crippen LogP contribution in [0.3, 0.4) is 0 Å². The van der Waals surface area contributed by atoms with Crippen molar-refractivity contribution < 1.29 is 9.47 Å². The third-order valence-corrected chi connectivity index (χ3v) is 3.85. The predicted octanol–water partition coefficient (Wildman–Crippen LogP) is 4.03. The number of rotatable bonds is 5. The van der Waals surface area contributed by atoms with Crippen LogP contribution in [0.4, 0.5) is 5.95 Å². The van der Waals surface area contributed by atoms with Crippen LogP contribution < -0.4 is 10.1 Å². The van der Waals surface area contributed by atoms with E-state index in [0.29, 0.717) is 30.5 Å². The quantitative estimate of drug-likeness (QED) is 0.873. The van der Waals surface area contributed by atoms with Crippen LogP contribution in [0.15, 0.2) is 30.5 Å². The molecule has 0 unspecified atom stereocenters. The first-order valence-electron chi connectivity index (χ1n) is 9.16. The molecule has 6 heteroatoms. The molecule has 2 heterocycles. The van der Waals surface area contributed by atoms with Gasteiger partial charge in [-0.15, -0.1) is 0 Å². The molecule has 1 N–H and O–H groups in total. The Hall–Kier alpha value is -2.65. The average molecular weight is 354 g/mol. The number of nitrogens with zero attached hydrogens (tertiary/aromatic N) is 3. The number of aromatic nitrogens is 2. The molecule has 1 fully saturated rings. The van der Waals surface area contributed by atoms with Crippen LogP contribution in [0.25, 0.3) is 11.3 Å². The van der Waals surface area contributed by atoms with Crippen molar-refractivity contribution in [1.29, 1.82) is 5.26 Å². The molecule has 0 radical (unpaired) electrons. The van der Waals surface area contributed by atoms with Gasteiger partial charge in [0.25, 0.3) is 0 Å². The van der Waals surface area contributed by atoms with Crippen LogP contribution in [0, 0.1) is 11.3 Å². The molecule has 0 aliphatic carbocycles. The summed E-state index contributed by atoms with van der Waals surface area (Å²) in [6.07, 6.45) is 3.52. The van der Waals surface area contributed by atoms with Crippen molar-refractivity contribution in [3.63, 3.8) is 0 Å². The minimum atomic E-state index is 0.108. The molecule has 6 nitrogen and oxygen atoms in total. The van der Waals surface area contributed by atoms with Crippen LogP contribution in [0.1, 0.15) is 39.2 Å². The van der Waals surface area contributed by atoms with Gasteiger partial charge in [0.2, 0.25) is 5.95 Å². The lowest BCUT2D eigenvalue weighted by Gasteiger charge is -2.23. The van der Waals surface area contributed by atoms with Crippen molar-refractivity contribution in [2.75, 3.05) is 25.1 Å². The first-order chi connectivity index (χ1) is 12.8. The van der Waals surface area contributed by atoms with Gasteiger partial charge in [0.1, 0.15) is 17.9 Å². The molecule has 2 aromatic rings. The molecular weight excluding hydrogens is 328 g/mol. The van der Waals surface area contributed by atoms with E-state index in [-0.39, 0.29) is 6.10 Å². The fraction of sp³-hybridized carbons (Fsp3) is 0.450. The molecule has 0 bridgehead atoms. The normalized spacial score (nSPS) is 13.9. The molecule has 1 aliphatic heterocycles. The number of hydrogen-bond acceptors (Lipinski definition) is 6. The maximum absolute atomic E-state index is 9.46. The Balaban J connectivity index is 0.00000117. The molecule has 1 saturated heterocycles. The van der Waals surface area contributed by atoms with Crippen LogP contribution in [0.5, 0.6) is 5.75 Å². The van der Waals surface area contributed by atoms with Crippen molar-refractivity contribution in [2.45, 2.75) is 39.7 Å². The van der Waals surface area contributed by atoms with Crippen molar-refractivity contribution in [1.82, 2.24) is 9.97 Å². The van der Waals surface area contributed by atoms with E-state index in [1.807, 2.05) is 45.0 Å². The van der Waals surface area contributed by atoms with Crippen LogP contribution in [0.2, 0.25) is 0 Å². The first-order valence-corrected chi connectivity index (χ1v) is 9.16. The first kappa shape index (κ1) is 19.7. The SMILES string of the molecule is CC.CCNc1nccc(-c2ccc(OC3CCOCC3)c(C#N)c2)n1.